The summed E-state index contributed by atoms with van der Waals surface area (Å²) in [6.45, 7) is 4.31. The van der Waals surface area contributed by atoms with Gasteiger partial charge >= 0.3 is 0 Å². The minimum absolute atomic E-state index is 0.212. The molecule has 1 aliphatic rings. The highest BCUT2D eigenvalue weighted by Crippen LogP contribution is 2.47. The summed E-state index contributed by atoms with van der Waals surface area (Å²) in [5, 5.41) is 5.82. The van der Waals surface area contributed by atoms with Crippen molar-refractivity contribution in [3.05, 3.63) is 59.2 Å². The Morgan fingerprint density at radius 2 is 1.73 bits per heavy atom. The van der Waals surface area contributed by atoms with Gasteiger partial charge in [-0.3, -0.25) is 9.59 Å². The number of anilines is 1. The second-order valence-corrected chi connectivity index (χ2v) is 6.89. The molecule has 0 atom stereocenters. The van der Waals surface area contributed by atoms with Gasteiger partial charge in [-0.1, -0.05) is 24.3 Å². The molecule has 0 radical (unpaired) electrons. The summed E-state index contributed by atoms with van der Waals surface area (Å²) < 4.78 is 5.12. The average molecular weight is 352 g/mol. The predicted molar refractivity (Wildman–Crippen MR) is 101 cm³/mol. The fraction of sp³-hybridized carbons (Fsp3) is 0.333. The first-order valence-corrected chi connectivity index (χ1v) is 8.74. The van der Waals surface area contributed by atoms with Crippen LogP contribution in [0.2, 0.25) is 0 Å². The Labute approximate surface area is 153 Å². The van der Waals surface area contributed by atoms with Crippen molar-refractivity contribution in [3.63, 3.8) is 0 Å². The van der Waals surface area contributed by atoms with E-state index in [9.17, 15) is 9.59 Å². The van der Waals surface area contributed by atoms with Crippen LogP contribution in [-0.2, 0) is 16.1 Å². The molecule has 1 saturated carbocycles. The largest absolute Gasteiger partial charge is 0.497 e. The highest BCUT2D eigenvalue weighted by atomic mass is 16.5. The maximum Gasteiger partial charge on any atom is 0.240 e. The Bertz CT molecular complexity index is 824. The summed E-state index contributed by atoms with van der Waals surface area (Å²) in [5.74, 6) is 0.334. The Kier molecular flexibility index (Phi) is 4.98. The average Bonchev–Trinajstić information content (AvgIpc) is 3.45. The third-order valence-electron chi connectivity index (χ3n) is 4.87. The van der Waals surface area contributed by atoms with Crippen LogP contribution in [0.4, 0.5) is 5.69 Å². The predicted octanol–water partition coefficient (Wildman–Crippen LogP) is 3.35. The van der Waals surface area contributed by atoms with Gasteiger partial charge in [0.25, 0.3) is 0 Å². The van der Waals surface area contributed by atoms with Crippen molar-refractivity contribution in [1.82, 2.24) is 5.32 Å². The highest BCUT2D eigenvalue weighted by Gasteiger charge is 2.56. The zero-order valence-corrected chi connectivity index (χ0v) is 15.4. The smallest absolute Gasteiger partial charge is 0.240 e. The van der Waals surface area contributed by atoms with E-state index < -0.39 is 5.41 Å². The van der Waals surface area contributed by atoms with E-state index >= 15 is 0 Å². The number of hydrogen-bond acceptors (Lipinski definition) is 3. The first-order chi connectivity index (χ1) is 12.4. The Balaban J connectivity index is 1.62. The molecule has 0 bridgehead atoms. The number of rotatable bonds is 6. The first kappa shape index (κ1) is 18.0. The molecule has 2 amide bonds. The molecule has 3 rings (SSSR count). The van der Waals surface area contributed by atoms with Crippen LogP contribution in [0, 0.1) is 19.3 Å². The summed E-state index contributed by atoms with van der Waals surface area (Å²) in [6.07, 6.45) is 1.16. The standard InChI is InChI=1S/C21H24N2O3/c1-14-4-5-15(2)18(12-14)23-20(25)21(10-11-21)19(24)22-13-16-6-8-17(26-3)9-7-16/h4-9,12H,10-11,13H2,1-3H3,(H,22,24)(H,23,25). The van der Waals surface area contributed by atoms with E-state index in [1.54, 1.807) is 7.11 Å². The van der Waals surface area contributed by atoms with Crippen LogP contribution >= 0.6 is 0 Å². The van der Waals surface area contributed by atoms with Crippen LogP contribution in [0.1, 0.15) is 29.5 Å². The zero-order chi connectivity index (χ0) is 18.7. The van der Waals surface area contributed by atoms with Crippen molar-refractivity contribution < 1.29 is 14.3 Å². The molecule has 5 heteroatoms. The van der Waals surface area contributed by atoms with E-state index in [2.05, 4.69) is 10.6 Å². The molecule has 2 N–H and O–H groups in total. The lowest BCUT2D eigenvalue weighted by atomic mass is 10.0. The maximum atomic E-state index is 12.7. The number of nitrogens with one attached hydrogen (secondary N) is 2. The van der Waals surface area contributed by atoms with E-state index in [-0.39, 0.29) is 11.8 Å². The number of carbonyl (C=O) groups is 2. The minimum atomic E-state index is -0.942. The van der Waals surface area contributed by atoms with Crippen molar-refractivity contribution in [2.45, 2.75) is 33.2 Å². The van der Waals surface area contributed by atoms with E-state index in [0.717, 1.165) is 28.1 Å². The molecule has 0 spiro atoms. The summed E-state index contributed by atoms with van der Waals surface area (Å²) in [6, 6.07) is 13.4. The van der Waals surface area contributed by atoms with Crippen LogP contribution in [0.3, 0.4) is 0 Å². The summed E-state index contributed by atoms with van der Waals surface area (Å²) in [7, 11) is 1.61. The summed E-state index contributed by atoms with van der Waals surface area (Å²) in [5.41, 5.74) is 2.84. The first-order valence-electron chi connectivity index (χ1n) is 8.74. The molecule has 26 heavy (non-hydrogen) atoms. The van der Waals surface area contributed by atoms with Gasteiger partial charge in [0.05, 0.1) is 7.11 Å². The fourth-order valence-electron chi connectivity index (χ4n) is 2.89. The number of amides is 2. The quantitative estimate of drug-likeness (QED) is 0.784. The number of hydrogen-bond donors (Lipinski definition) is 2. The summed E-state index contributed by atoms with van der Waals surface area (Å²) >= 11 is 0. The van der Waals surface area contributed by atoms with Gasteiger partial charge in [0.15, 0.2) is 0 Å². The van der Waals surface area contributed by atoms with Crippen molar-refractivity contribution >= 4 is 17.5 Å². The molecule has 0 saturated heterocycles. The summed E-state index contributed by atoms with van der Waals surface area (Å²) in [4.78, 5) is 25.3. The van der Waals surface area contributed by atoms with E-state index in [0.29, 0.717) is 19.4 Å². The van der Waals surface area contributed by atoms with Gasteiger partial charge in [-0.15, -0.1) is 0 Å². The third-order valence-corrected chi connectivity index (χ3v) is 4.87. The van der Waals surface area contributed by atoms with Gasteiger partial charge in [-0.2, -0.15) is 0 Å². The molecule has 2 aromatic carbocycles. The number of ether oxygens (including phenoxy) is 1. The van der Waals surface area contributed by atoms with Crippen LogP contribution in [-0.4, -0.2) is 18.9 Å². The van der Waals surface area contributed by atoms with Crippen molar-refractivity contribution in [1.29, 1.82) is 0 Å². The van der Waals surface area contributed by atoms with Gasteiger partial charge < -0.3 is 15.4 Å². The van der Waals surface area contributed by atoms with Crippen LogP contribution in [0.25, 0.3) is 0 Å². The van der Waals surface area contributed by atoms with E-state index in [1.165, 1.54) is 0 Å². The SMILES string of the molecule is COc1ccc(CNC(=O)C2(C(=O)Nc3cc(C)ccc3C)CC2)cc1. The molecule has 1 aliphatic carbocycles. The normalized spacial score (nSPS) is 14.4. The Hall–Kier alpha value is -2.82. The van der Waals surface area contributed by atoms with Crippen LogP contribution in [0.5, 0.6) is 5.75 Å². The molecular formula is C21H24N2O3. The molecule has 1 fully saturated rings. The zero-order valence-electron chi connectivity index (χ0n) is 15.4. The number of benzene rings is 2. The molecule has 2 aromatic rings. The van der Waals surface area contributed by atoms with E-state index in [1.807, 2.05) is 56.3 Å². The number of methoxy groups -OCH3 is 1. The lowest BCUT2D eigenvalue weighted by molar-refractivity contribution is -0.134. The lowest BCUT2D eigenvalue weighted by Crippen LogP contribution is -2.39. The second kappa shape index (κ2) is 7.20. The second-order valence-electron chi connectivity index (χ2n) is 6.89. The third kappa shape index (κ3) is 3.72. The fourth-order valence-corrected chi connectivity index (χ4v) is 2.89. The van der Waals surface area contributed by atoms with Gasteiger partial charge in [-0.25, -0.2) is 0 Å². The molecule has 0 aliphatic heterocycles. The van der Waals surface area contributed by atoms with Crippen LogP contribution < -0.4 is 15.4 Å². The molecule has 0 unspecified atom stereocenters. The highest BCUT2D eigenvalue weighted by molar-refractivity contribution is 6.13. The maximum absolute atomic E-state index is 12.7. The Morgan fingerprint density at radius 1 is 1.04 bits per heavy atom. The lowest BCUT2D eigenvalue weighted by Gasteiger charge is -2.17. The molecular weight excluding hydrogens is 328 g/mol. The Morgan fingerprint density at radius 3 is 2.35 bits per heavy atom. The van der Waals surface area contributed by atoms with Crippen LogP contribution in [0.15, 0.2) is 42.5 Å². The van der Waals surface area contributed by atoms with Gasteiger partial charge in [0.1, 0.15) is 11.2 Å². The van der Waals surface area contributed by atoms with Crippen molar-refractivity contribution in [2.75, 3.05) is 12.4 Å². The van der Waals surface area contributed by atoms with Gasteiger partial charge in [0.2, 0.25) is 11.8 Å². The van der Waals surface area contributed by atoms with Gasteiger partial charge in [-0.05, 0) is 61.6 Å². The van der Waals surface area contributed by atoms with E-state index in [4.69, 9.17) is 4.74 Å². The topological polar surface area (TPSA) is 67.4 Å². The molecule has 0 aromatic heterocycles. The molecule has 136 valence electrons. The number of carbonyl (C=O) groups excluding carboxylic acids is 2. The van der Waals surface area contributed by atoms with Crippen molar-refractivity contribution in [3.8, 4) is 5.75 Å². The number of aryl methyl sites for hydroxylation is 2. The van der Waals surface area contributed by atoms with Gasteiger partial charge in [0, 0.05) is 12.2 Å². The molecule has 0 heterocycles. The minimum Gasteiger partial charge on any atom is -0.497 e. The van der Waals surface area contributed by atoms with Crippen molar-refractivity contribution in [2.24, 2.45) is 5.41 Å². The molecule has 5 nitrogen and oxygen atoms in total. The monoisotopic (exact) mass is 352 g/mol.